The maximum Gasteiger partial charge on any atom is 0.326 e. The summed E-state index contributed by atoms with van der Waals surface area (Å²) >= 11 is 0. The van der Waals surface area contributed by atoms with Crippen molar-refractivity contribution in [1.29, 1.82) is 0 Å². The average Bonchev–Trinajstić information content (AvgIpc) is 2.96. The van der Waals surface area contributed by atoms with E-state index in [4.69, 9.17) is 0 Å². The van der Waals surface area contributed by atoms with Crippen LogP contribution in [0.4, 0.5) is 0 Å². The molecule has 17 heavy (non-hydrogen) atoms. The van der Waals surface area contributed by atoms with Gasteiger partial charge in [-0.2, -0.15) is 0 Å². The number of hydrogen-bond acceptors (Lipinski definition) is 3. The number of hydrogen-bond donors (Lipinski definition) is 2. The Labute approximate surface area is 99.8 Å². The van der Waals surface area contributed by atoms with Gasteiger partial charge in [-0.05, 0) is 25.8 Å². The molecule has 0 spiro atoms. The smallest absolute Gasteiger partial charge is 0.326 e. The molecule has 1 saturated heterocycles. The molecule has 5 heteroatoms. The third kappa shape index (κ3) is 1.84. The molecule has 2 atom stereocenters. The minimum Gasteiger partial charge on any atom is -0.480 e. The second-order valence-electron chi connectivity index (χ2n) is 4.93. The molecular formula is C12H17N3O2. The van der Waals surface area contributed by atoms with E-state index in [1.807, 2.05) is 10.8 Å². The zero-order valence-corrected chi connectivity index (χ0v) is 9.72. The first-order valence-corrected chi connectivity index (χ1v) is 6.27. The van der Waals surface area contributed by atoms with E-state index in [0.29, 0.717) is 5.92 Å². The van der Waals surface area contributed by atoms with E-state index in [9.17, 15) is 9.90 Å². The van der Waals surface area contributed by atoms with E-state index in [2.05, 4.69) is 10.3 Å². The molecule has 2 N–H and O–H groups in total. The highest BCUT2D eigenvalue weighted by atomic mass is 16.4. The molecule has 1 aromatic heterocycles. The number of nitrogens with zero attached hydrogens (tertiary/aromatic N) is 2. The van der Waals surface area contributed by atoms with Gasteiger partial charge >= 0.3 is 5.97 Å². The molecule has 92 valence electrons. The van der Waals surface area contributed by atoms with Crippen molar-refractivity contribution in [3.05, 3.63) is 17.7 Å². The Bertz CT molecular complexity index is 435. The number of rotatable bonds is 2. The van der Waals surface area contributed by atoms with Crippen LogP contribution in [0.3, 0.4) is 0 Å². The Morgan fingerprint density at radius 2 is 2.41 bits per heavy atom. The molecule has 2 unspecified atom stereocenters. The number of carbonyl (C=O) groups is 1. The minimum atomic E-state index is -0.737. The fourth-order valence-corrected chi connectivity index (χ4v) is 2.85. The molecule has 5 nitrogen and oxygen atoms in total. The minimum absolute atomic E-state index is 0.408. The fourth-order valence-electron chi connectivity index (χ4n) is 2.85. The summed E-state index contributed by atoms with van der Waals surface area (Å²) < 4.78 is 1.87. The van der Waals surface area contributed by atoms with Crippen molar-refractivity contribution >= 4 is 5.97 Å². The van der Waals surface area contributed by atoms with Crippen molar-refractivity contribution in [3.8, 4) is 0 Å². The highest BCUT2D eigenvalue weighted by Crippen LogP contribution is 2.29. The van der Waals surface area contributed by atoms with Crippen LogP contribution < -0.4 is 5.32 Å². The van der Waals surface area contributed by atoms with E-state index in [-0.39, 0.29) is 0 Å². The standard InChI is InChI=1S/C12H17N3O2/c16-12(17)10-2-1-3-11-14-9(7-15(10)11)8-4-5-13-6-8/h7-8,10,13H,1-6H2,(H,16,17). The predicted molar refractivity (Wildman–Crippen MR) is 62.1 cm³/mol. The van der Waals surface area contributed by atoms with E-state index in [1.54, 1.807) is 0 Å². The van der Waals surface area contributed by atoms with Gasteiger partial charge < -0.3 is 15.0 Å². The molecule has 0 aromatic carbocycles. The van der Waals surface area contributed by atoms with Gasteiger partial charge in [0.15, 0.2) is 0 Å². The van der Waals surface area contributed by atoms with Crippen LogP contribution in [0.25, 0.3) is 0 Å². The molecule has 2 aliphatic heterocycles. The van der Waals surface area contributed by atoms with Crippen molar-refractivity contribution in [1.82, 2.24) is 14.9 Å². The lowest BCUT2D eigenvalue weighted by molar-refractivity contribution is -0.141. The van der Waals surface area contributed by atoms with Crippen molar-refractivity contribution in [2.75, 3.05) is 13.1 Å². The number of aromatic nitrogens is 2. The largest absolute Gasteiger partial charge is 0.480 e. The Balaban J connectivity index is 1.92. The Hall–Kier alpha value is -1.36. The van der Waals surface area contributed by atoms with Crippen LogP contribution in [0.5, 0.6) is 0 Å². The van der Waals surface area contributed by atoms with Crippen LogP contribution in [0, 0.1) is 0 Å². The molecule has 0 amide bonds. The molecular weight excluding hydrogens is 218 g/mol. The second kappa shape index (κ2) is 4.14. The predicted octanol–water partition coefficient (Wildman–Crippen LogP) is 0.922. The third-order valence-corrected chi connectivity index (χ3v) is 3.80. The number of imidazole rings is 1. The van der Waals surface area contributed by atoms with Crippen molar-refractivity contribution in [2.45, 2.75) is 37.6 Å². The maximum atomic E-state index is 11.2. The Morgan fingerprint density at radius 3 is 3.12 bits per heavy atom. The summed E-state index contributed by atoms with van der Waals surface area (Å²) in [5, 5.41) is 12.5. The van der Waals surface area contributed by atoms with E-state index in [0.717, 1.165) is 50.3 Å². The molecule has 0 saturated carbocycles. The zero-order chi connectivity index (χ0) is 11.8. The van der Waals surface area contributed by atoms with Crippen LogP contribution in [-0.4, -0.2) is 33.7 Å². The molecule has 1 fully saturated rings. The van der Waals surface area contributed by atoms with Crippen molar-refractivity contribution in [2.24, 2.45) is 0 Å². The van der Waals surface area contributed by atoms with Gasteiger partial charge in [-0.25, -0.2) is 9.78 Å². The Morgan fingerprint density at radius 1 is 1.53 bits per heavy atom. The summed E-state index contributed by atoms with van der Waals surface area (Å²) in [6.07, 6.45) is 5.63. The highest BCUT2D eigenvalue weighted by Gasteiger charge is 2.29. The highest BCUT2D eigenvalue weighted by molar-refractivity contribution is 5.72. The van der Waals surface area contributed by atoms with Gasteiger partial charge in [0.25, 0.3) is 0 Å². The second-order valence-corrected chi connectivity index (χ2v) is 4.93. The summed E-state index contributed by atoms with van der Waals surface area (Å²) in [5.41, 5.74) is 1.07. The quantitative estimate of drug-likeness (QED) is 0.800. The van der Waals surface area contributed by atoms with E-state index >= 15 is 0 Å². The van der Waals surface area contributed by atoms with Gasteiger partial charge in [-0.1, -0.05) is 0 Å². The van der Waals surface area contributed by atoms with Crippen molar-refractivity contribution < 1.29 is 9.90 Å². The molecule has 2 aliphatic rings. The lowest BCUT2D eigenvalue weighted by Gasteiger charge is -2.20. The van der Waals surface area contributed by atoms with Gasteiger partial charge in [-0.3, -0.25) is 0 Å². The number of carboxylic acids is 1. The molecule has 3 rings (SSSR count). The van der Waals surface area contributed by atoms with Gasteiger partial charge in [-0.15, -0.1) is 0 Å². The maximum absolute atomic E-state index is 11.2. The lowest BCUT2D eigenvalue weighted by Crippen LogP contribution is -2.24. The molecule has 0 radical (unpaired) electrons. The first-order valence-electron chi connectivity index (χ1n) is 6.27. The monoisotopic (exact) mass is 235 g/mol. The van der Waals surface area contributed by atoms with Crippen LogP contribution in [-0.2, 0) is 11.2 Å². The molecule has 1 aromatic rings. The summed E-state index contributed by atoms with van der Waals surface area (Å²) in [6.45, 7) is 2.00. The first-order chi connectivity index (χ1) is 8.25. The van der Waals surface area contributed by atoms with Gasteiger partial charge in [0, 0.05) is 25.1 Å². The first kappa shape index (κ1) is 10.8. The van der Waals surface area contributed by atoms with E-state index in [1.165, 1.54) is 0 Å². The summed E-state index contributed by atoms with van der Waals surface area (Å²) in [5.74, 6) is 0.674. The summed E-state index contributed by atoms with van der Waals surface area (Å²) in [4.78, 5) is 15.8. The SMILES string of the molecule is O=C(O)C1CCCc2nc(C3CCNC3)cn21. The van der Waals surface area contributed by atoms with Crippen LogP contribution >= 0.6 is 0 Å². The number of nitrogens with one attached hydrogen (secondary N) is 1. The van der Waals surface area contributed by atoms with E-state index < -0.39 is 12.0 Å². The van der Waals surface area contributed by atoms with Crippen molar-refractivity contribution in [3.63, 3.8) is 0 Å². The Kier molecular flexibility index (Phi) is 2.63. The average molecular weight is 235 g/mol. The third-order valence-electron chi connectivity index (χ3n) is 3.80. The molecule has 0 bridgehead atoms. The zero-order valence-electron chi connectivity index (χ0n) is 9.72. The summed E-state index contributed by atoms with van der Waals surface area (Å²) in [7, 11) is 0. The summed E-state index contributed by atoms with van der Waals surface area (Å²) in [6, 6.07) is -0.408. The fraction of sp³-hybridized carbons (Fsp3) is 0.667. The number of fused-ring (bicyclic) bond motifs is 1. The van der Waals surface area contributed by atoms with Gasteiger partial charge in [0.05, 0.1) is 5.69 Å². The number of carboxylic acid groups (broad SMARTS) is 1. The van der Waals surface area contributed by atoms with Crippen LogP contribution in [0.1, 0.15) is 42.7 Å². The van der Waals surface area contributed by atoms with Crippen LogP contribution in [0.15, 0.2) is 6.20 Å². The topological polar surface area (TPSA) is 67.2 Å². The number of aliphatic carboxylic acids is 1. The normalized spacial score (nSPS) is 28.0. The lowest BCUT2D eigenvalue weighted by atomic mass is 10.0. The van der Waals surface area contributed by atoms with Gasteiger partial charge in [0.2, 0.25) is 0 Å². The molecule has 3 heterocycles. The van der Waals surface area contributed by atoms with Gasteiger partial charge in [0.1, 0.15) is 11.9 Å². The number of aryl methyl sites for hydroxylation is 1. The van der Waals surface area contributed by atoms with Crippen LogP contribution in [0.2, 0.25) is 0 Å². The molecule has 0 aliphatic carbocycles.